The Morgan fingerprint density at radius 1 is 0.381 bits per heavy atom. The van der Waals surface area contributed by atoms with Crippen LogP contribution in [0.25, 0.3) is 0 Å². The summed E-state index contributed by atoms with van der Waals surface area (Å²) >= 11 is 0. The Bertz CT molecular complexity index is 251. The average Bonchev–Trinajstić information content (AvgIpc) is 2.35. The van der Waals surface area contributed by atoms with E-state index in [1.165, 1.54) is 77.7 Å². The van der Waals surface area contributed by atoms with Gasteiger partial charge in [-0.15, -0.1) is 0 Å². The molecule has 8 rings (SSSR count). The molecule has 8 aliphatic heterocycles. The smallest absolute Gasteiger partial charge is 0.114 e. The largest absolute Gasteiger partial charge is 0.245 e. The van der Waals surface area contributed by atoms with Crippen molar-refractivity contribution in [2.45, 2.75) is 0 Å². The molecule has 0 N–H and O–H groups in total. The van der Waals surface area contributed by atoms with Gasteiger partial charge in [0.15, 0.2) is 0 Å². The third kappa shape index (κ3) is 3.29. The van der Waals surface area contributed by atoms with Gasteiger partial charge in [0.05, 0.1) is 40.0 Å². The van der Waals surface area contributed by atoms with Gasteiger partial charge in [0.25, 0.3) is 0 Å². The van der Waals surface area contributed by atoms with Gasteiger partial charge in [0.2, 0.25) is 0 Å². The molecule has 21 heavy (non-hydrogen) atoms. The molecule has 0 aromatic carbocycles. The first kappa shape index (κ1) is 15.9. The van der Waals surface area contributed by atoms with E-state index in [1.54, 1.807) is 0 Å². The van der Waals surface area contributed by atoms with Crippen LogP contribution in [-0.2, 0) is 22.4 Å². The van der Waals surface area contributed by atoms with Crippen molar-refractivity contribution in [3.8, 4) is 0 Å². The predicted octanol–water partition coefficient (Wildman–Crippen LogP) is -0.218. The Morgan fingerprint density at radius 2 is 0.571 bits per heavy atom. The maximum absolute atomic E-state index is 2.59. The second-order valence-corrected chi connectivity index (χ2v) is 12.2. The van der Waals surface area contributed by atoms with Gasteiger partial charge in [0.1, 0.15) is 37.7 Å². The Balaban J connectivity index is 0.000000105. The molecule has 1 radical (unpaired) electrons. The Morgan fingerprint density at radius 3 is 0.714 bits per heavy atom. The van der Waals surface area contributed by atoms with Gasteiger partial charge in [-0.25, -0.2) is 29.4 Å². The molecule has 0 amide bonds. The second kappa shape index (κ2) is 6.34. The maximum atomic E-state index is 2.59. The summed E-state index contributed by atoms with van der Waals surface area (Å²) in [6, 6.07) is 0. The van der Waals surface area contributed by atoms with Crippen molar-refractivity contribution in [3.05, 3.63) is 0 Å². The molecular weight excluding hydrogens is 398 g/mol. The topological polar surface area (TPSA) is 19.4 Å². The van der Waals surface area contributed by atoms with Crippen molar-refractivity contribution in [3.63, 3.8) is 0 Å². The molecule has 0 unspecified atom stereocenters. The average molecular weight is 424 g/mol. The molecule has 8 fully saturated rings. The quantitative estimate of drug-likeness (QED) is 0.393. The van der Waals surface area contributed by atoms with E-state index in [-0.39, 0.29) is 38.2 Å². The molecule has 123 valence electrons. The van der Waals surface area contributed by atoms with Crippen molar-refractivity contribution in [2.24, 2.45) is 0 Å². The summed E-state index contributed by atoms with van der Waals surface area (Å²) in [7, 11) is 0.0594. The van der Waals surface area contributed by atoms with Crippen LogP contribution in [-0.4, -0.2) is 107 Å². The minimum Gasteiger partial charge on any atom is -0.245 e. The zero-order chi connectivity index (χ0) is 13.1. The molecule has 0 saturated carbocycles. The summed E-state index contributed by atoms with van der Waals surface area (Å²) < 4.78 is 0. The van der Waals surface area contributed by atoms with Crippen molar-refractivity contribution >= 4 is 15.8 Å². The Hall–Kier alpha value is 1.36. The number of nitrogens with zero attached hydrogens (tertiary/aromatic N) is 6. The fraction of sp³-hybridized carbons (Fsp3) is 1.00. The summed E-state index contributed by atoms with van der Waals surface area (Å²) in [5.74, 6) is 0. The Labute approximate surface area is 145 Å². The summed E-state index contributed by atoms with van der Waals surface area (Å²) in [4.78, 5) is 15.5. The molecule has 0 atom stereocenters. The van der Waals surface area contributed by atoms with Crippen molar-refractivity contribution < 1.29 is 22.4 Å². The monoisotopic (exact) mass is 423 g/mol. The molecule has 9 heteroatoms. The molecule has 0 spiro atoms. The van der Waals surface area contributed by atoms with Gasteiger partial charge in [-0.1, -0.05) is 0 Å². The van der Waals surface area contributed by atoms with Crippen LogP contribution in [0.15, 0.2) is 0 Å². The zero-order valence-corrected chi connectivity index (χ0v) is 16.0. The second-order valence-electron chi connectivity index (χ2n) is 7.32. The van der Waals surface area contributed by atoms with Crippen molar-refractivity contribution in [2.75, 3.05) is 77.7 Å². The molecular formula is C12H26AgN6P2+2. The van der Waals surface area contributed by atoms with Crippen LogP contribution in [0.3, 0.4) is 0 Å². The van der Waals surface area contributed by atoms with Gasteiger partial charge >= 0.3 is 0 Å². The van der Waals surface area contributed by atoms with E-state index in [0.29, 0.717) is 0 Å². The molecule has 0 aromatic heterocycles. The van der Waals surface area contributed by atoms with E-state index in [1.807, 2.05) is 0 Å². The van der Waals surface area contributed by atoms with Crippen LogP contribution in [0.4, 0.5) is 0 Å². The van der Waals surface area contributed by atoms with E-state index >= 15 is 0 Å². The van der Waals surface area contributed by atoms with Gasteiger partial charge in [-0.05, 0) is 0 Å². The predicted molar refractivity (Wildman–Crippen MR) is 86.1 cm³/mol. The third-order valence-electron chi connectivity index (χ3n) is 5.08. The molecule has 0 aromatic rings. The zero-order valence-electron chi connectivity index (χ0n) is 12.5. The van der Waals surface area contributed by atoms with Crippen LogP contribution in [0.5, 0.6) is 0 Å². The van der Waals surface area contributed by atoms with Crippen LogP contribution < -0.4 is 0 Å². The van der Waals surface area contributed by atoms with E-state index in [4.69, 9.17) is 0 Å². The van der Waals surface area contributed by atoms with Crippen molar-refractivity contribution in [1.82, 2.24) is 29.4 Å². The summed E-state index contributed by atoms with van der Waals surface area (Å²) in [6.45, 7) is 7.53. The van der Waals surface area contributed by atoms with Gasteiger partial charge in [-0.2, -0.15) is 0 Å². The standard InChI is InChI=1S/2C6H12N3P.Ag/c2*1-7-2-9-3-8(1)5-10(4-7)6-9;/h2*1-6H2;/p+2. The fourth-order valence-electron chi connectivity index (χ4n) is 4.76. The Kier molecular flexibility index (Phi) is 4.79. The van der Waals surface area contributed by atoms with Crippen LogP contribution in [0, 0.1) is 0 Å². The third-order valence-corrected chi connectivity index (χ3v) is 10.4. The summed E-state index contributed by atoms with van der Waals surface area (Å²) in [5.41, 5.74) is 0. The molecule has 6 nitrogen and oxygen atoms in total. The normalized spacial score (nSPS) is 54.9. The first-order valence-corrected chi connectivity index (χ1v) is 12.1. The number of hydrogen-bond donors (Lipinski definition) is 0. The van der Waals surface area contributed by atoms with Crippen LogP contribution in [0.2, 0.25) is 0 Å². The van der Waals surface area contributed by atoms with Crippen LogP contribution >= 0.6 is 15.8 Å². The minimum atomic E-state index is 0. The number of rotatable bonds is 0. The van der Waals surface area contributed by atoms with Crippen molar-refractivity contribution in [1.29, 1.82) is 0 Å². The van der Waals surface area contributed by atoms with Gasteiger partial charge in [0, 0.05) is 38.2 Å². The SMILES string of the molecule is C1N2CN3CN1C[PH+](C2)C3.C1N2CN3CN1C[PH+](C2)C3.[Ag]. The molecule has 8 saturated heterocycles. The first-order chi connectivity index (χ1) is 9.80. The summed E-state index contributed by atoms with van der Waals surface area (Å²) in [5, 5.41) is 0. The summed E-state index contributed by atoms with van der Waals surface area (Å²) in [6.07, 6.45) is 8.74. The van der Waals surface area contributed by atoms with Gasteiger partial charge < -0.3 is 0 Å². The van der Waals surface area contributed by atoms with E-state index in [0.717, 1.165) is 0 Å². The minimum absolute atomic E-state index is 0. The molecule has 8 aliphatic rings. The van der Waals surface area contributed by atoms with E-state index in [2.05, 4.69) is 29.4 Å². The van der Waals surface area contributed by atoms with Crippen LogP contribution in [0.1, 0.15) is 0 Å². The maximum Gasteiger partial charge on any atom is 0.114 e. The van der Waals surface area contributed by atoms with E-state index in [9.17, 15) is 0 Å². The first-order valence-electron chi connectivity index (χ1n) is 7.81. The molecule has 0 aliphatic carbocycles. The molecule has 8 heterocycles. The van der Waals surface area contributed by atoms with E-state index < -0.39 is 0 Å². The fourth-order valence-corrected chi connectivity index (χ4v) is 10.4. The molecule has 8 bridgehead atoms. The number of hydrogen-bond acceptors (Lipinski definition) is 6. The van der Waals surface area contributed by atoms with Gasteiger partial charge in [-0.3, -0.25) is 0 Å².